The zero-order valence-electron chi connectivity index (χ0n) is 10.8. The minimum absolute atomic E-state index is 0.381. The van der Waals surface area contributed by atoms with E-state index in [1.165, 1.54) is 6.20 Å². The van der Waals surface area contributed by atoms with E-state index in [-0.39, 0.29) is 0 Å². The summed E-state index contributed by atoms with van der Waals surface area (Å²) in [6.07, 6.45) is 2.08. The minimum Gasteiger partial charge on any atom is -0.492 e. The van der Waals surface area contributed by atoms with Crippen LogP contribution in [0.3, 0.4) is 0 Å². The maximum atomic E-state index is 10.9. The molecule has 2 N–H and O–H groups in total. The molecule has 112 valence electrons. The highest BCUT2D eigenvalue weighted by Crippen LogP contribution is 2.26. The molecule has 0 aliphatic rings. The van der Waals surface area contributed by atoms with Gasteiger partial charge >= 0.3 is 0 Å². The highest BCUT2D eigenvalue weighted by atomic mass is 127. The third-order valence-corrected chi connectivity index (χ3v) is 4.30. The Kier molecular flexibility index (Phi) is 6.07. The van der Waals surface area contributed by atoms with E-state index in [1.807, 2.05) is 12.1 Å². The van der Waals surface area contributed by atoms with Gasteiger partial charge in [0.25, 0.3) is 11.1 Å². The van der Waals surface area contributed by atoms with Gasteiger partial charge in [-0.15, -0.1) is 0 Å². The molecule has 1 amide bonds. The van der Waals surface area contributed by atoms with Gasteiger partial charge in [-0.25, -0.2) is 4.98 Å². The Morgan fingerprint density at radius 3 is 2.86 bits per heavy atom. The fraction of sp³-hybridized carbons (Fsp3) is 0.231. The number of amides is 1. The molecular weight excluding hydrogens is 427 g/mol. The quantitative estimate of drug-likeness (QED) is 0.531. The van der Waals surface area contributed by atoms with Crippen LogP contribution in [0.25, 0.3) is 0 Å². The molecule has 0 atom stereocenters. The van der Waals surface area contributed by atoms with Crippen molar-refractivity contribution in [3.05, 3.63) is 37.9 Å². The first-order valence-electron chi connectivity index (χ1n) is 6.02. The predicted octanol–water partition coefficient (Wildman–Crippen LogP) is 3.35. The van der Waals surface area contributed by atoms with Crippen molar-refractivity contribution < 1.29 is 14.3 Å². The van der Waals surface area contributed by atoms with E-state index in [1.54, 1.807) is 6.07 Å². The first-order chi connectivity index (χ1) is 10.1. The smallest absolute Gasteiger partial charge is 0.273 e. The molecule has 2 rings (SSSR count). The van der Waals surface area contributed by atoms with Crippen LogP contribution in [0.2, 0.25) is 5.02 Å². The lowest BCUT2D eigenvalue weighted by atomic mass is 10.3. The van der Waals surface area contributed by atoms with Crippen LogP contribution >= 0.6 is 45.5 Å². The second-order valence-electron chi connectivity index (χ2n) is 3.98. The van der Waals surface area contributed by atoms with Crippen molar-refractivity contribution in [1.29, 1.82) is 0 Å². The Balaban J connectivity index is 1.72. The van der Waals surface area contributed by atoms with Crippen molar-refractivity contribution in [2.75, 3.05) is 13.2 Å². The molecule has 0 radical (unpaired) electrons. The average Bonchev–Trinajstić information content (AvgIpc) is 2.91. The van der Waals surface area contributed by atoms with Gasteiger partial charge in [-0.3, -0.25) is 4.79 Å². The number of hydrogen-bond donors (Lipinski definition) is 1. The topological polar surface area (TPSA) is 74.4 Å². The maximum Gasteiger partial charge on any atom is 0.273 e. The largest absolute Gasteiger partial charge is 0.492 e. The first kappa shape index (κ1) is 16.3. The third kappa shape index (κ3) is 5.01. The van der Waals surface area contributed by atoms with Crippen molar-refractivity contribution in [2.24, 2.45) is 5.73 Å². The number of primary amides is 1. The van der Waals surface area contributed by atoms with Crippen molar-refractivity contribution in [3.8, 4) is 10.9 Å². The lowest BCUT2D eigenvalue weighted by molar-refractivity contribution is 0.100. The Morgan fingerprint density at radius 1 is 1.38 bits per heavy atom. The molecular formula is C13H12ClIN2O3S. The van der Waals surface area contributed by atoms with E-state index in [2.05, 4.69) is 27.6 Å². The molecule has 0 aliphatic carbocycles. The molecule has 0 bridgehead atoms. The second kappa shape index (κ2) is 7.81. The highest BCUT2D eigenvalue weighted by Gasteiger charge is 2.07. The zero-order chi connectivity index (χ0) is 15.2. The van der Waals surface area contributed by atoms with Crippen molar-refractivity contribution in [3.63, 3.8) is 0 Å². The van der Waals surface area contributed by atoms with Crippen LogP contribution in [0.4, 0.5) is 0 Å². The number of halogens is 2. The molecule has 1 aromatic carbocycles. The highest BCUT2D eigenvalue weighted by molar-refractivity contribution is 14.1. The molecule has 0 fully saturated rings. The molecule has 0 unspecified atom stereocenters. The lowest BCUT2D eigenvalue weighted by Crippen LogP contribution is -2.08. The fourth-order valence-electron chi connectivity index (χ4n) is 1.43. The van der Waals surface area contributed by atoms with E-state index in [4.69, 9.17) is 26.8 Å². The minimum atomic E-state index is -0.501. The number of ether oxygens (including phenoxy) is 2. The molecule has 1 heterocycles. The molecule has 8 heteroatoms. The van der Waals surface area contributed by atoms with E-state index in [9.17, 15) is 4.79 Å². The summed E-state index contributed by atoms with van der Waals surface area (Å²) >= 11 is 9.35. The van der Waals surface area contributed by atoms with Crippen molar-refractivity contribution >= 4 is 51.4 Å². The molecule has 0 spiro atoms. The second-order valence-corrected chi connectivity index (χ2v) is 6.63. The van der Waals surface area contributed by atoms with Crippen LogP contribution in [0.1, 0.15) is 16.1 Å². The summed E-state index contributed by atoms with van der Waals surface area (Å²) in [6, 6.07) is 5.59. The van der Waals surface area contributed by atoms with Gasteiger partial charge < -0.3 is 15.2 Å². The number of carbonyl (C=O) groups is 1. The van der Waals surface area contributed by atoms with Crippen LogP contribution in [-0.4, -0.2) is 24.1 Å². The van der Waals surface area contributed by atoms with Crippen LogP contribution in [0, 0.1) is 3.57 Å². The summed E-state index contributed by atoms with van der Waals surface area (Å²) in [6.45, 7) is 0.918. The van der Waals surface area contributed by atoms with Gasteiger partial charge in [0.1, 0.15) is 10.6 Å². The summed E-state index contributed by atoms with van der Waals surface area (Å²) in [5, 5.41) is 1.01. The fourth-order valence-corrected chi connectivity index (χ4v) is 2.70. The van der Waals surface area contributed by atoms with Crippen LogP contribution < -0.4 is 15.2 Å². The summed E-state index contributed by atoms with van der Waals surface area (Å²) in [5.41, 5.74) is 5.14. The molecule has 5 nitrogen and oxygen atoms in total. The number of nitrogens with zero attached hydrogens (tertiary/aromatic N) is 1. The summed E-state index contributed by atoms with van der Waals surface area (Å²) in [4.78, 5) is 15.2. The number of thiazole rings is 1. The normalized spacial score (nSPS) is 10.4. The van der Waals surface area contributed by atoms with Gasteiger partial charge in [-0.1, -0.05) is 22.9 Å². The van der Waals surface area contributed by atoms with Crippen molar-refractivity contribution in [1.82, 2.24) is 4.98 Å². The lowest BCUT2D eigenvalue weighted by Gasteiger charge is -2.08. The number of benzene rings is 1. The summed E-state index contributed by atoms with van der Waals surface area (Å²) < 4.78 is 12.1. The van der Waals surface area contributed by atoms with Crippen molar-refractivity contribution in [2.45, 2.75) is 6.42 Å². The van der Waals surface area contributed by atoms with Crippen LogP contribution in [0.5, 0.6) is 10.9 Å². The molecule has 0 saturated heterocycles. The SMILES string of the molecule is NC(=O)c1cnc(OCCCOc2cc(I)ccc2Cl)s1. The standard InChI is InChI=1S/C13H12ClIN2O3S/c14-9-3-2-8(15)6-10(9)19-4-1-5-20-13-17-7-11(21-13)12(16)18/h2-3,6-7H,1,4-5H2,(H2,16,18). The Labute approximate surface area is 144 Å². The van der Waals surface area contributed by atoms with E-state index in [0.29, 0.717) is 40.5 Å². The molecule has 1 aromatic heterocycles. The molecule has 21 heavy (non-hydrogen) atoms. The number of aromatic nitrogens is 1. The number of carbonyl (C=O) groups excluding carboxylic acids is 1. The predicted molar refractivity (Wildman–Crippen MR) is 90.4 cm³/mol. The van der Waals surface area contributed by atoms with Gasteiger partial charge in [-0.05, 0) is 40.8 Å². The Bertz CT molecular complexity index is 636. The first-order valence-corrected chi connectivity index (χ1v) is 8.30. The molecule has 0 aliphatic heterocycles. The van der Waals surface area contributed by atoms with E-state index in [0.717, 1.165) is 14.9 Å². The maximum absolute atomic E-state index is 10.9. The van der Waals surface area contributed by atoms with Gasteiger partial charge in [0.05, 0.1) is 24.4 Å². The number of nitrogens with two attached hydrogens (primary N) is 1. The summed E-state index contributed by atoms with van der Waals surface area (Å²) in [5.74, 6) is 0.160. The van der Waals surface area contributed by atoms with Gasteiger partial charge in [0, 0.05) is 9.99 Å². The van der Waals surface area contributed by atoms with Gasteiger partial charge in [0.2, 0.25) is 0 Å². The summed E-state index contributed by atoms with van der Waals surface area (Å²) in [7, 11) is 0. The zero-order valence-corrected chi connectivity index (χ0v) is 14.6. The number of rotatable bonds is 7. The molecule has 0 saturated carbocycles. The van der Waals surface area contributed by atoms with Gasteiger partial charge in [-0.2, -0.15) is 0 Å². The van der Waals surface area contributed by atoms with E-state index >= 15 is 0 Å². The van der Waals surface area contributed by atoms with Crippen LogP contribution in [0.15, 0.2) is 24.4 Å². The van der Waals surface area contributed by atoms with Gasteiger partial charge in [0.15, 0.2) is 0 Å². The average molecular weight is 439 g/mol. The number of hydrogen-bond acceptors (Lipinski definition) is 5. The van der Waals surface area contributed by atoms with E-state index < -0.39 is 5.91 Å². The third-order valence-electron chi connectivity index (χ3n) is 2.39. The van der Waals surface area contributed by atoms with Crippen LogP contribution in [-0.2, 0) is 0 Å². The Hall–Kier alpha value is -1.06. The monoisotopic (exact) mass is 438 g/mol. The Morgan fingerprint density at radius 2 is 2.14 bits per heavy atom. The molecule has 2 aromatic rings.